The summed E-state index contributed by atoms with van der Waals surface area (Å²) in [6.07, 6.45) is 0.0480. The number of methoxy groups -OCH3 is 1. The Hall–Kier alpha value is -3.37. The minimum atomic E-state index is -0.709. The Bertz CT molecular complexity index is 766. The summed E-state index contributed by atoms with van der Waals surface area (Å²) in [7, 11) is 4.18. The van der Waals surface area contributed by atoms with Crippen LogP contribution in [0.15, 0.2) is 18.2 Å². The summed E-state index contributed by atoms with van der Waals surface area (Å²) < 4.78 is 15.2. The second kappa shape index (κ2) is 8.34. The first-order chi connectivity index (χ1) is 12.7. The maximum Gasteiger partial charge on any atom is 0.344 e. The molecule has 1 aliphatic heterocycles. The van der Waals surface area contributed by atoms with E-state index in [-0.39, 0.29) is 36.1 Å². The minimum Gasteiger partial charge on any atom is -0.490 e. The molecule has 0 bridgehead atoms. The fourth-order valence-corrected chi connectivity index (χ4v) is 2.42. The van der Waals surface area contributed by atoms with Crippen molar-refractivity contribution in [2.75, 3.05) is 34.4 Å². The summed E-state index contributed by atoms with van der Waals surface area (Å²) in [6.45, 7) is -0.590. The molecular weight excluding hydrogens is 362 g/mol. The number of ether oxygens (including phenoxy) is 3. The van der Waals surface area contributed by atoms with Gasteiger partial charge >= 0.3 is 17.7 Å². The zero-order chi connectivity index (χ0) is 20.1. The Morgan fingerprint density at radius 2 is 2.04 bits per heavy atom. The van der Waals surface area contributed by atoms with Crippen LogP contribution in [0.3, 0.4) is 0 Å². The molecule has 146 valence electrons. The molecule has 3 amide bonds. The van der Waals surface area contributed by atoms with E-state index in [4.69, 9.17) is 14.2 Å². The predicted octanol–water partition coefficient (Wildman–Crippen LogP) is 0.808. The van der Waals surface area contributed by atoms with Crippen molar-refractivity contribution in [3.63, 3.8) is 0 Å². The van der Waals surface area contributed by atoms with Gasteiger partial charge in [0.15, 0.2) is 6.61 Å². The number of nitro groups is 1. The van der Waals surface area contributed by atoms with Gasteiger partial charge in [0.05, 0.1) is 24.5 Å². The molecule has 1 unspecified atom stereocenters. The smallest absolute Gasteiger partial charge is 0.344 e. The Morgan fingerprint density at radius 3 is 2.67 bits per heavy atom. The SMILES string of the molecule is COc1cc(OCC(=O)OCC2CC(=O)N(C)C(=O)N2C)ccc1[N+](=O)[O-]. The summed E-state index contributed by atoms with van der Waals surface area (Å²) >= 11 is 0. The molecule has 1 saturated heterocycles. The maximum absolute atomic E-state index is 11.8. The van der Waals surface area contributed by atoms with Gasteiger partial charge in [0.25, 0.3) is 0 Å². The standard InChI is InChI=1S/C16H19N3O8/c1-17-10(6-14(20)18(2)16(17)22)8-27-15(21)9-26-11-4-5-12(19(23)24)13(7-11)25-3/h4-5,7,10H,6,8-9H2,1-3H3. The molecular formula is C16H19N3O8. The molecule has 1 heterocycles. The van der Waals surface area contributed by atoms with E-state index in [1.54, 1.807) is 0 Å². The average molecular weight is 381 g/mol. The molecule has 1 aliphatic rings. The fourth-order valence-electron chi connectivity index (χ4n) is 2.42. The van der Waals surface area contributed by atoms with Gasteiger partial charge in [-0.1, -0.05) is 0 Å². The van der Waals surface area contributed by atoms with E-state index < -0.39 is 29.6 Å². The number of carbonyl (C=O) groups excluding carboxylic acids is 3. The Balaban J connectivity index is 1.87. The number of urea groups is 1. The lowest BCUT2D eigenvalue weighted by atomic mass is 10.1. The van der Waals surface area contributed by atoms with Crippen LogP contribution < -0.4 is 9.47 Å². The molecule has 2 rings (SSSR count). The highest BCUT2D eigenvalue weighted by Gasteiger charge is 2.35. The third kappa shape index (κ3) is 4.63. The number of benzene rings is 1. The van der Waals surface area contributed by atoms with Crippen LogP contribution in [0.1, 0.15) is 6.42 Å². The van der Waals surface area contributed by atoms with Crippen molar-refractivity contribution in [1.29, 1.82) is 0 Å². The van der Waals surface area contributed by atoms with Crippen LogP contribution in [-0.4, -0.2) is 73.1 Å². The van der Waals surface area contributed by atoms with Crippen molar-refractivity contribution in [2.24, 2.45) is 0 Å². The largest absolute Gasteiger partial charge is 0.490 e. The molecule has 11 nitrogen and oxygen atoms in total. The zero-order valence-electron chi connectivity index (χ0n) is 15.0. The van der Waals surface area contributed by atoms with Crippen molar-refractivity contribution < 1.29 is 33.5 Å². The van der Waals surface area contributed by atoms with E-state index >= 15 is 0 Å². The quantitative estimate of drug-likeness (QED) is 0.385. The molecule has 0 radical (unpaired) electrons. The van der Waals surface area contributed by atoms with Gasteiger partial charge in [-0.2, -0.15) is 0 Å². The van der Waals surface area contributed by atoms with Crippen LogP contribution in [0, 0.1) is 10.1 Å². The van der Waals surface area contributed by atoms with Crippen LogP contribution >= 0.6 is 0 Å². The number of imide groups is 1. The zero-order valence-corrected chi connectivity index (χ0v) is 15.0. The Labute approximate surface area is 154 Å². The van der Waals surface area contributed by atoms with Crippen LogP contribution in [0.4, 0.5) is 10.5 Å². The predicted molar refractivity (Wildman–Crippen MR) is 90.4 cm³/mol. The highest BCUT2D eigenvalue weighted by atomic mass is 16.6. The van der Waals surface area contributed by atoms with Crippen LogP contribution in [0.25, 0.3) is 0 Å². The molecule has 0 saturated carbocycles. The van der Waals surface area contributed by atoms with Gasteiger partial charge in [-0.15, -0.1) is 0 Å². The van der Waals surface area contributed by atoms with Crippen molar-refractivity contribution in [3.05, 3.63) is 28.3 Å². The van der Waals surface area contributed by atoms with E-state index in [2.05, 4.69) is 0 Å². The van der Waals surface area contributed by atoms with E-state index in [1.807, 2.05) is 0 Å². The third-order valence-electron chi connectivity index (χ3n) is 4.06. The van der Waals surface area contributed by atoms with Crippen LogP contribution in [-0.2, 0) is 14.3 Å². The highest BCUT2D eigenvalue weighted by Crippen LogP contribution is 2.30. The second-order valence-electron chi connectivity index (χ2n) is 5.77. The third-order valence-corrected chi connectivity index (χ3v) is 4.06. The first kappa shape index (κ1) is 19.9. The van der Waals surface area contributed by atoms with Crippen molar-refractivity contribution >= 4 is 23.6 Å². The van der Waals surface area contributed by atoms with Crippen LogP contribution in [0.5, 0.6) is 11.5 Å². The van der Waals surface area contributed by atoms with E-state index in [0.717, 1.165) is 4.90 Å². The summed E-state index contributed by atoms with van der Waals surface area (Å²) in [6, 6.07) is 2.79. The lowest BCUT2D eigenvalue weighted by Crippen LogP contribution is -2.55. The van der Waals surface area contributed by atoms with Gasteiger partial charge in [0.2, 0.25) is 11.7 Å². The highest BCUT2D eigenvalue weighted by molar-refractivity contribution is 5.96. The van der Waals surface area contributed by atoms with Gasteiger partial charge in [-0.3, -0.25) is 19.8 Å². The van der Waals surface area contributed by atoms with Gasteiger partial charge < -0.3 is 19.1 Å². The summed E-state index contributed by atoms with van der Waals surface area (Å²) in [5.74, 6) is -0.875. The lowest BCUT2D eigenvalue weighted by Gasteiger charge is -2.35. The normalized spacial score (nSPS) is 16.9. The molecule has 27 heavy (non-hydrogen) atoms. The first-order valence-electron chi connectivity index (χ1n) is 7.88. The number of likely N-dealkylation sites (N-methyl/N-ethyl adjacent to an activating group) is 1. The average Bonchev–Trinajstić information content (AvgIpc) is 2.65. The van der Waals surface area contributed by atoms with Crippen molar-refractivity contribution in [1.82, 2.24) is 9.80 Å². The Morgan fingerprint density at radius 1 is 1.33 bits per heavy atom. The molecule has 1 aromatic carbocycles. The Kier molecular flexibility index (Phi) is 6.16. The molecule has 1 atom stereocenters. The number of carbonyl (C=O) groups is 3. The topological polar surface area (TPSA) is 129 Å². The van der Waals surface area contributed by atoms with Gasteiger partial charge in [-0.05, 0) is 6.07 Å². The van der Waals surface area contributed by atoms with E-state index in [9.17, 15) is 24.5 Å². The minimum absolute atomic E-state index is 0.00385. The molecule has 0 N–H and O–H groups in total. The van der Waals surface area contributed by atoms with Gasteiger partial charge in [0.1, 0.15) is 12.4 Å². The number of rotatable bonds is 7. The summed E-state index contributed by atoms with van der Waals surface area (Å²) in [4.78, 5) is 48.0. The van der Waals surface area contributed by atoms with Crippen LogP contribution in [0.2, 0.25) is 0 Å². The number of nitro benzene ring substituents is 1. The maximum atomic E-state index is 11.8. The monoisotopic (exact) mass is 381 g/mol. The summed E-state index contributed by atoms with van der Waals surface area (Å²) in [5.41, 5.74) is -0.230. The number of hydrogen-bond donors (Lipinski definition) is 0. The molecule has 11 heteroatoms. The van der Waals surface area contributed by atoms with Crippen molar-refractivity contribution in [3.8, 4) is 11.5 Å². The van der Waals surface area contributed by atoms with Gasteiger partial charge in [0, 0.05) is 26.2 Å². The number of hydrogen-bond acceptors (Lipinski definition) is 8. The molecule has 1 fully saturated rings. The first-order valence-corrected chi connectivity index (χ1v) is 7.88. The van der Waals surface area contributed by atoms with Gasteiger partial charge in [-0.25, -0.2) is 9.59 Å². The van der Waals surface area contributed by atoms with E-state index in [1.165, 1.54) is 44.3 Å². The van der Waals surface area contributed by atoms with Crippen molar-refractivity contribution in [2.45, 2.75) is 12.5 Å². The fraction of sp³-hybridized carbons (Fsp3) is 0.438. The molecule has 0 aromatic heterocycles. The van der Waals surface area contributed by atoms with E-state index in [0.29, 0.717) is 0 Å². The lowest BCUT2D eigenvalue weighted by molar-refractivity contribution is -0.385. The summed E-state index contributed by atoms with van der Waals surface area (Å²) in [5, 5.41) is 10.8. The number of amides is 3. The number of esters is 1. The molecule has 0 spiro atoms. The molecule has 1 aromatic rings. The second-order valence-corrected chi connectivity index (χ2v) is 5.77. The molecule has 0 aliphatic carbocycles. The number of nitrogens with zero attached hydrogens (tertiary/aromatic N) is 3.